The molecule has 0 aliphatic rings. The fourth-order valence-electron chi connectivity index (χ4n) is 2.80. The van der Waals surface area contributed by atoms with Crippen LogP contribution in [0.1, 0.15) is 23.6 Å². The summed E-state index contributed by atoms with van der Waals surface area (Å²) < 4.78 is 36.1. The van der Waals surface area contributed by atoms with Crippen LogP contribution in [0, 0.1) is 18.3 Å². The monoisotopic (exact) mass is 453 g/mol. The predicted octanol–water partition coefficient (Wildman–Crippen LogP) is 5.88. The minimum Gasteiger partial charge on any atom is -0.490 e. The predicted molar refractivity (Wildman–Crippen MR) is 122 cm³/mol. The van der Waals surface area contributed by atoms with Crippen molar-refractivity contribution in [2.75, 3.05) is 6.61 Å². The van der Waals surface area contributed by atoms with E-state index in [0.29, 0.717) is 22.8 Å². The number of hydrogen-bond acceptors (Lipinski definition) is 5. The normalized spacial score (nSPS) is 11.6. The van der Waals surface area contributed by atoms with E-state index in [1.807, 2.05) is 31.2 Å². The number of rotatable bonds is 7. The fourth-order valence-corrected chi connectivity index (χ4v) is 3.86. The van der Waals surface area contributed by atoms with Crippen LogP contribution < -0.4 is 8.92 Å². The van der Waals surface area contributed by atoms with Crippen LogP contribution in [0.3, 0.4) is 0 Å². The highest BCUT2D eigenvalue weighted by atomic mass is 35.5. The van der Waals surface area contributed by atoms with Crippen LogP contribution in [-0.4, -0.2) is 15.0 Å². The maximum Gasteiger partial charge on any atom is 0.339 e. The van der Waals surface area contributed by atoms with Crippen LogP contribution in [0.15, 0.2) is 71.6 Å². The van der Waals surface area contributed by atoms with Gasteiger partial charge in [-0.2, -0.15) is 13.7 Å². The summed E-state index contributed by atoms with van der Waals surface area (Å²) in [5.74, 6) is 0.317. The third-order valence-corrected chi connectivity index (χ3v) is 5.86. The van der Waals surface area contributed by atoms with Crippen LogP contribution in [0.4, 0.5) is 0 Å². The average Bonchev–Trinajstić information content (AvgIpc) is 2.75. The lowest BCUT2D eigenvalue weighted by Crippen LogP contribution is -2.10. The van der Waals surface area contributed by atoms with Crippen molar-refractivity contribution in [1.29, 1.82) is 5.26 Å². The van der Waals surface area contributed by atoms with Gasteiger partial charge in [0.05, 0.1) is 18.2 Å². The number of allylic oxidation sites excluding steroid dienone is 1. The highest BCUT2D eigenvalue weighted by molar-refractivity contribution is 7.87. The van der Waals surface area contributed by atoms with E-state index in [2.05, 4.69) is 6.07 Å². The molecule has 0 heterocycles. The summed E-state index contributed by atoms with van der Waals surface area (Å²) in [5.41, 5.74) is 3.04. The first-order valence-corrected chi connectivity index (χ1v) is 11.3. The van der Waals surface area contributed by atoms with Crippen molar-refractivity contribution in [2.45, 2.75) is 18.7 Å². The first-order valence-electron chi connectivity index (χ1n) is 9.48. The van der Waals surface area contributed by atoms with Crippen molar-refractivity contribution < 1.29 is 17.3 Å². The molecule has 0 aliphatic carbocycles. The zero-order valence-corrected chi connectivity index (χ0v) is 18.6. The Morgan fingerprint density at radius 2 is 1.71 bits per heavy atom. The summed E-state index contributed by atoms with van der Waals surface area (Å²) in [6.45, 7) is 4.07. The molecule has 0 atom stereocenters. The van der Waals surface area contributed by atoms with E-state index in [0.717, 1.165) is 11.1 Å². The molecule has 5 nitrogen and oxygen atoms in total. The standard InChI is InChI=1S/C24H20ClNO4S/c1-3-29-24-15-18(14-20(16-26)19-7-4-17(2)5-8-19)6-13-23(24)30-31(27,28)22-11-9-21(25)10-12-22/h4-15H,3H2,1-2H3/b20-14+. The van der Waals surface area contributed by atoms with Gasteiger partial charge >= 0.3 is 10.1 Å². The Morgan fingerprint density at radius 3 is 2.32 bits per heavy atom. The van der Waals surface area contributed by atoms with Gasteiger partial charge in [-0.1, -0.05) is 47.5 Å². The van der Waals surface area contributed by atoms with Crippen molar-refractivity contribution in [1.82, 2.24) is 0 Å². The molecular weight excluding hydrogens is 434 g/mol. The molecule has 0 N–H and O–H groups in total. The average molecular weight is 454 g/mol. The lowest BCUT2D eigenvalue weighted by molar-refractivity contribution is 0.327. The van der Waals surface area contributed by atoms with Gasteiger partial charge in [0.25, 0.3) is 0 Å². The quantitative estimate of drug-likeness (QED) is 0.253. The molecule has 0 spiro atoms. The van der Waals surface area contributed by atoms with Crippen LogP contribution in [0.2, 0.25) is 5.02 Å². The highest BCUT2D eigenvalue weighted by Crippen LogP contribution is 2.32. The van der Waals surface area contributed by atoms with Crippen molar-refractivity contribution in [3.63, 3.8) is 0 Å². The molecule has 0 unspecified atom stereocenters. The summed E-state index contributed by atoms with van der Waals surface area (Å²) in [4.78, 5) is -0.0190. The topological polar surface area (TPSA) is 76.4 Å². The van der Waals surface area contributed by atoms with Gasteiger partial charge in [0, 0.05) is 5.02 Å². The van der Waals surface area contributed by atoms with Crippen LogP contribution in [0.5, 0.6) is 11.5 Å². The van der Waals surface area contributed by atoms with E-state index in [9.17, 15) is 13.7 Å². The second-order valence-electron chi connectivity index (χ2n) is 6.67. The highest BCUT2D eigenvalue weighted by Gasteiger charge is 2.19. The molecule has 0 saturated heterocycles. The van der Waals surface area contributed by atoms with Gasteiger partial charge < -0.3 is 8.92 Å². The first kappa shape index (κ1) is 22.4. The van der Waals surface area contributed by atoms with Gasteiger partial charge in [-0.05, 0) is 67.4 Å². The van der Waals surface area contributed by atoms with Gasteiger partial charge in [0.1, 0.15) is 4.90 Å². The van der Waals surface area contributed by atoms with E-state index in [4.69, 9.17) is 20.5 Å². The second-order valence-corrected chi connectivity index (χ2v) is 8.65. The Hall–Kier alpha value is -3.27. The Labute approximate surface area is 187 Å². The number of halogens is 1. The SMILES string of the molecule is CCOc1cc(/C=C(\C#N)c2ccc(C)cc2)ccc1OS(=O)(=O)c1ccc(Cl)cc1. The molecular formula is C24H20ClNO4S. The molecule has 0 aliphatic heterocycles. The zero-order valence-electron chi connectivity index (χ0n) is 17.0. The smallest absolute Gasteiger partial charge is 0.339 e. The number of nitrogens with zero attached hydrogens (tertiary/aromatic N) is 1. The Balaban J connectivity index is 1.94. The molecule has 3 aromatic carbocycles. The van der Waals surface area contributed by atoms with Gasteiger partial charge in [0.2, 0.25) is 0 Å². The van der Waals surface area contributed by atoms with Crippen molar-refractivity contribution in [3.05, 3.63) is 88.4 Å². The van der Waals surface area contributed by atoms with E-state index in [1.54, 1.807) is 25.1 Å². The van der Waals surface area contributed by atoms with Gasteiger partial charge in [-0.25, -0.2) is 0 Å². The number of benzene rings is 3. The van der Waals surface area contributed by atoms with E-state index < -0.39 is 10.1 Å². The molecule has 0 radical (unpaired) electrons. The summed E-state index contributed by atoms with van der Waals surface area (Å²) in [5, 5.41) is 10.00. The van der Waals surface area contributed by atoms with E-state index in [-0.39, 0.29) is 16.4 Å². The van der Waals surface area contributed by atoms with Crippen molar-refractivity contribution in [2.24, 2.45) is 0 Å². The fraction of sp³-hybridized carbons (Fsp3) is 0.125. The van der Waals surface area contributed by atoms with Gasteiger partial charge in [0.15, 0.2) is 11.5 Å². The second kappa shape index (κ2) is 9.69. The molecule has 3 aromatic rings. The van der Waals surface area contributed by atoms with Gasteiger partial charge in [-0.3, -0.25) is 0 Å². The van der Waals surface area contributed by atoms with Gasteiger partial charge in [-0.15, -0.1) is 0 Å². The summed E-state index contributed by atoms with van der Waals surface area (Å²) >= 11 is 5.83. The molecule has 0 saturated carbocycles. The largest absolute Gasteiger partial charge is 0.490 e. The lowest BCUT2D eigenvalue weighted by atomic mass is 10.0. The van der Waals surface area contributed by atoms with E-state index in [1.165, 1.54) is 30.3 Å². The molecule has 0 bridgehead atoms. The molecule has 0 amide bonds. The van der Waals surface area contributed by atoms with E-state index >= 15 is 0 Å². The molecule has 158 valence electrons. The maximum absolute atomic E-state index is 12.6. The van der Waals surface area contributed by atoms with Crippen molar-refractivity contribution >= 4 is 33.4 Å². The first-order chi connectivity index (χ1) is 14.8. The molecule has 0 aromatic heterocycles. The number of aryl methyl sites for hydroxylation is 1. The summed E-state index contributed by atoms with van der Waals surface area (Å²) in [6.07, 6.45) is 1.71. The molecule has 7 heteroatoms. The minimum absolute atomic E-state index is 0.0190. The maximum atomic E-state index is 12.6. The Bertz CT molecular complexity index is 1240. The van der Waals surface area contributed by atoms with Crippen molar-refractivity contribution in [3.8, 4) is 17.6 Å². The summed E-state index contributed by atoms with van der Waals surface area (Å²) in [7, 11) is -4.06. The third kappa shape index (κ3) is 5.66. The number of nitriles is 1. The molecule has 31 heavy (non-hydrogen) atoms. The molecule has 0 fully saturated rings. The minimum atomic E-state index is -4.06. The Kier molecular flexibility index (Phi) is 7.01. The Morgan fingerprint density at radius 1 is 1.03 bits per heavy atom. The van der Waals surface area contributed by atoms with Crippen LogP contribution >= 0.6 is 11.6 Å². The number of hydrogen-bond donors (Lipinski definition) is 0. The summed E-state index contributed by atoms with van der Waals surface area (Å²) in [6, 6.07) is 20.3. The van der Waals surface area contributed by atoms with Crippen LogP contribution in [-0.2, 0) is 10.1 Å². The molecule has 3 rings (SSSR count). The zero-order chi connectivity index (χ0) is 22.4. The third-order valence-electron chi connectivity index (χ3n) is 4.36. The number of ether oxygens (including phenoxy) is 1. The van der Waals surface area contributed by atoms with Crippen LogP contribution in [0.25, 0.3) is 11.6 Å². The lowest BCUT2D eigenvalue weighted by Gasteiger charge is -2.13.